The van der Waals surface area contributed by atoms with Gasteiger partial charge in [-0.3, -0.25) is 4.79 Å². The summed E-state index contributed by atoms with van der Waals surface area (Å²) >= 11 is 0. The number of hydrogen-bond donors (Lipinski definition) is 1. The Morgan fingerprint density at radius 3 is 2.33 bits per heavy atom. The van der Waals surface area contributed by atoms with Crippen LogP contribution >= 0.6 is 0 Å². The Hall–Kier alpha value is -2.62. The van der Waals surface area contributed by atoms with Crippen LogP contribution in [0.3, 0.4) is 0 Å². The Labute approximate surface area is 195 Å². The Balaban J connectivity index is 1.39. The zero-order valence-electron chi connectivity index (χ0n) is 19.1. The molecule has 178 valence electrons. The summed E-state index contributed by atoms with van der Waals surface area (Å²) in [6.45, 7) is 4.84. The SMILES string of the molecule is COc1ccc(N2CCC(NC(=O)c3ccc(C)c(S(=O)(=O)N4CCOCC4)c3)CC2)cc1. The third-order valence-electron chi connectivity index (χ3n) is 6.31. The van der Waals surface area contributed by atoms with E-state index in [1.54, 1.807) is 26.2 Å². The molecule has 2 fully saturated rings. The van der Waals surface area contributed by atoms with E-state index in [2.05, 4.69) is 10.2 Å². The molecule has 0 saturated carbocycles. The molecular weight excluding hydrogens is 442 g/mol. The van der Waals surface area contributed by atoms with Crippen molar-refractivity contribution >= 4 is 21.6 Å². The number of carbonyl (C=O) groups is 1. The minimum Gasteiger partial charge on any atom is -0.497 e. The van der Waals surface area contributed by atoms with Gasteiger partial charge in [0.15, 0.2) is 0 Å². The van der Waals surface area contributed by atoms with E-state index in [-0.39, 0.29) is 16.8 Å². The van der Waals surface area contributed by atoms with Crippen LogP contribution in [0.2, 0.25) is 0 Å². The van der Waals surface area contributed by atoms with Gasteiger partial charge < -0.3 is 19.7 Å². The first-order valence-corrected chi connectivity index (χ1v) is 12.7. The number of nitrogens with zero attached hydrogens (tertiary/aromatic N) is 2. The molecule has 1 amide bonds. The smallest absolute Gasteiger partial charge is 0.251 e. The lowest BCUT2D eigenvalue weighted by molar-refractivity contribution is 0.0730. The minimum absolute atomic E-state index is 0.0487. The van der Waals surface area contributed by atoms with Crippen molar-refractivity contribution in [3.63, 3.8) is 0 Å². The molecule has 2 aromatic carbocycles. The van der Waals surface area contributed by atoms with Crippen molar-refractivity contribution in [2.45, 2.75) is 30.7 Å². The van der Waals surface area contributed by atoms with Gasteiger partial charge in [0.2, 0.25) is 10.0 Å². The summed E-state index contributed by atoms with van der Waals surface area (Å²) in [7, 11) is -2.02. The molecule has 0 aliphatic carbocycles. The summed E-state index contributed by atoms with van der Waals surface area (Å²) in [6, 6.07) is 12.9. The van der Waals surface area contributed by atoms with Crippen LogP contribution in [0.4, 0.5) is 5.69 Å². The first kappa shape index (κ1) is 23.5. The second-order valence-corrected chi connectivity index (χ2v) is 10.3. The average molecular weight is 474 g/mol. The standard InChI is InChI=1S/C24H31N3O5S/c1-18-3-4-19(17-23(18)33(29,30)27-13-15-32-16-14-27)24(28)25-20-9-11-26(12-10-20)21-5-7-22(31-2)8-6-21/h3-8,17,20H,9-16H2,1-2H3,(H,25,28). The molecule has 0 aromatic heterocycles. The van der Waals surface area contributed by atoms with E-state index in [9.17, 15) is 13.2 Å². The quantitative estimate of drug-likeness (QED) is 0.693. The maximum atomic E-state index is 13.1. The second-order valence-electron chi connectivity index (χ2n) is 8.43. The number of methoxy groups -OCH3 is 1. The van der Waals surface area contributed by atoms with Gasteiger partial charge >= 0.3 is 0 Å². The Morgan fingerprint density at radius 2 is 1.70 bits per heavy atom. The van der Waals surface area contributed by atoms with Crippen molar-refractivity contribution in [3.8, 4) is 5.75 Å². The van der Waals surface area contributed by atoms with E-state index in [0.717, 1.165) is 37.4 Å². The Kier molecular flexibility index (Phi) is 7.21. The van der Waals surface area contributed by atoms with Gasteiger partial charge in [-0.25, -0.2) is 8.42 Å². The highest BCUT2D eigenvalue weighted by molar-refractivity contribution is 7.89. The number of benzene rings is 2. The Morgan fingerprint density at radius 1 is 1.03 bits per heavy atom. The minimum atomic E-state index is -3.67. The van der Waals surface area contributed by atoms with E-state index in [0.29, 0.717) is 37.4 Å². The van der Waals surface area contributed by atoms with E-state index < -0.39 is 10.0 Å². The van der Waals surface area contributed by atoms with Crippen LogP contribution in [0.1, 0.15) is 28.8 Å². The number of ether oxygens (including phenoxy) is 2. The predicted molar refractivity (Wildman–Crippen MR) is 126 cm³/mol. The van der Waals surface area contributed by atoms with Crippen LogP contribution in [0.15, 0.2) is 47.4 Å². The van der Waals surface area contributed by atoms with Crippen LogP contribution in [-0.4, -0.2) is 71.2 Å². The third kappa shape index (κ3) is 5.31. The number of sulfonamides is 1. The van der Waals surface area contributed by atoms with Gasteiger partial charge in [0.25, 0.3) is 5.91 Å². The van der Waals surface area contributed by atoms with Gasteiger partial charge in [-0.1, -0.05) is 6.07 Å². The molecule has 8 nitrogen and oxygen atoms in total. The molecule has 0 atom stereocenters. The van der Waals surface area contributed by atoms with Crippen LogP contribution < -0.4 is 15.0 Å². The fraction of sp³-hybridized carbons (Fsp3) is 0.458. The number of aryl methyl sites for hydroxylation is 1. The number of rotatable bonds is 6. The average Bonchev–Trinajstić information content (AvgIpc) is 2.85. The molecule has 0 spiro atoms. The molecule has 2 aliphatic heterocycles. The van der Waals surface area contributed by atoms with Gasteiger partial charge in [0.1, 0.15) is 5.75 Å². The van der Waals surface area contributed by atoms with Crippen LogP contribution in [0, 0.1) is 6.92 Å². The molecule has 2 aromatic rings. The number of piperidine rings is 1. The molecule has 9 heteroatoms. The van der Waals surface area contributed by atoms with Gasteiger partial charge in [0, 0.05) is 43.5 Å². The number of carbonyl (C=O) groups excluding carboxylic acids is 1. The number of hydrogen-bond acceptors (Lipinski definition) is 6. The summed E-state index contributed by atoms with van der Waals surface area (Å²) in [5, 5.41) is 3.09. The van der Waals surface area contributed by atoms with Crippen molar-refractivity contribution in [2.75, 3.05) is 51.4 Å². The molecule has 2 saturated heterocycles. The van der Waals surface area contributed by atoms with Crippen LogP contribution in [0.25, 0.3) is 0 Å². The normalized spacial score (nSPS) is 18.2. The van der Waals surface area contributed by atoms with Gasteiger partial charge in [-0.05, 0) is 61.7 Å². The van der Waals surface area contributed by atoms with Crippen LogP contribution in [-0.2, 0) is 14.8 Å². The maximum Gasteiger partial charge on any atom is 0.251 e. The maximum absolute atomic E-state index is 13.1. The van der Waals surface area contributed by atoms with E-state index in [1.165, 1.54) is 10.4 Å². The molecular formula is C24H31N3O5S. The van der Waals surface area contributed by atoms with Gasteiger partial charge in [-0.15, -0.1) is 0 Å². The van der Waals surface area contributed by atoms with Crippen molar-refractivity contribution in [1.82, 2.24) is 9.62 Å². The molecule has 1 N–H and O–H groups in total. The van der Waals surface area contributed by atoms with Crippen LogP contribution in [0.5, 0.6) is 5.75 Å². The topological polar surface area (TPSA) is 88.2 Å². The molecule has 4 rings (SSSR count). The molecule has 33 heavy (non-hydrogen) atoms. The molecule has 2 aliphatic rings. The third-order valence-corrected chi connectivity index (χ3v) is 8.35. The monoisotopic (exact) mass is 473 g/mol. The van der Waals surface area contributed by atoms with Crippen molar-refractivity contribution in [1.29, 1.82) is 0 Å². The number of nitrogens with one attached hydrogen (secondary N) is 1. The number of morpholine rings is 1. The summed E-state index contributed by atoms with van der Waals surface area (Å²) in [5.41, 5.74) is 2.13. The van der Waals surface area contributed by atoms with Crippen molar-refractivity contribution < 1.29 is 22.7 Å². The van der Waals surface area contributed by atoms with E-state index in [1.807, 2.05) is 24.3 Å². The summed E-state index contributed by atoms with van der Waals surface area (Å²) in [4.78, 5) is 15.4. The highest BCUT2D eigenvalue weighted by Gasteiger charge is 2.29. The highest BCUT2D eigenvalue weighted by atomic mass is 32.2. The molecule has 2 heterocycles. The summed E-state index contributed by atoms with van der Waals surface area (Å²) in [6.07, 6.45) is 1.64. The highest BCUT2D eigenvalue weighted by Crippen LogP contribution is 2.24. The fourth-order valence-electron chi connectivity index (χ4n) is 4.29. The van der Waals surface area contributed by atoms with E-state index in [4.69, 9.17) is 9.47 Å². The zero-order valence-corrected chi connectivity index (χ0v) is 19.9. The predicted octanol–water partition coefficient (Wildman–Crippen LogP) is 2.42. The zero-order chi connectivity index (χ0) is 23.4. The van der Waals surface area contributed by atoms with Crippen molar-refractivity contribution in [2.24, 2.45) is 0 Å². The van der Waals surface area contributed by atoms with Gasteiger partial charge in [0.05, 0.1) is 25.2 Å². The first-order chi connectivity index (χ1) is 15.9. The van der Waals surface area contributed by atoms with Crippen molar-refractivity contribution in [3.05, 3.63) is 53.6 Å². The largest absolute Gasteiger partial charge is 0.497 e. The van der Waals surface area contributed by atoms with Gasteiger partial charge in [-0.2, -0.15) is 4.31 Å². The lowest BCUT2D eigenvalue weighted by Gasteiger charge is -2.34. The number of amides is 1. The second kappa shape index (κ2) is 10.1. The molecule has 0 bridgehead atoms. The molecule has 0 radical (unpaired) electrons. The fourth-order valence-corrected chi connectivity index (χ4v) is 5.95. The molecule has 0 unspecified atom stereocenters. The Bertz CT molecular complexity index is 1070. The summed E-state index contributed by atoms with van der Waals surface area (Å²) in [5.74, 6) is 0.588. The lowest BCUT2D eigenvalue weighted by Crippen LogP contribution is -2.44. The number of anilines is 1. The first-order valence-electron chi connectivity index (χ1n) is 11.3. The summed E-state index contributed by atoms with van der Waals surface area (Å²) < 4.78 is 38.1. The lowest BCUT2D eigenvalue weighted by atomic mass is 10.0. The van der Waals surface area contributed by atoms with E-state index >= 15 is 0 Å².